The smallest absolute Gasteiger partial charge is 0.472 e. The molecule has 0 amide bonds. The molecule has 0 aromatic carbocycles. The molecule has 0 fully saturated rings. The number of ether oxygens (including phenoxy) is 2. The first-order valence-electron chi connectivity index (χ1n) is 19.1. The van der Waals surface area contributed by atoms with E-state index in [0.29, 0.717) is 19.3 Å². The number of unbranched alkanes of at least 4 members (excludes halogenated alkanes) is 14. The Morgan fingerprint density at radius 2 is 1.25 bits per heavy atom. The van der Waals surface area contributed by atoms with Gasteiger partial charge in [0.05, 0.1) is 19.3 Å². The molecule has 0 spiro atoms. The molecule has 0 aromatic heterocycles. The van der Waals surface area contributed by atoms with E-state index in [4.69, 9.17) is 24.8 Å². The first-order valence-corrected chi connectivity index (χ1v) is 20.6. The molecule has 296 valence electrons. The van der Waals surface area contributed by atoms with Crippen LogP contribution in [0.2, 0.25) is 0 Å². The number of carboxylic acid groups (broad SMARTS) is 1. The van der Waals surface area contributed by atoms with Crippen molar-refractivity contribution in [2.75, 3.05) is 19.8 Å². The van der Waals surface area contributed by atoms with Gasteiger partial charge >= 0.3 is 25.7 Å². The lowest BCUT2D eigenvalue weighted by Gasteiger charge is -2.20. The highest BCUT2D eigenvalue weighted by atomic mass is 31.2. The van der Waals surface area contributed by atoms with Gasteiger partial charge in [-0.1, -0.05) is 140 Å². The molecule has 12 nitrogen and oxygen atoms in total. The number of aliphatic hydroxyl groups excluding tert-OH is 1. The molecule has 0 radical (unpaired) electrons. The summed E-state index contributed by atoms with van der Waals surface area (Å²) in [5, 5.41) is 18.9. The van der Waals surface area contributed by atoms with Gasteiger partial charge in [0.25, 0.3) is 0 Å². The molecule has 51 heavy (non-hydrogen) atoms. The highest BCUT2D eigenvalue weighted by Gasteiger charge is 2.28. The fourth-order valence-electron chi connectivity index (χ4n) is 4.95. The second-order valence-corrected chi connectivity index (χ2v) is 14.3. The molecule has 13 heteroatoms. The third kappa shape index (κ3) is 33.3. The molecular formula is C38H68NO11P. The van der Waals surface area contributed by atoms with Gasteiger partial charge in [-0.3, -0.25) is 23.4 Å². The van der Waals surface area contributed by atoms with E-state index in [-0.39, 0.29) is 19.4 Å². The zero-order chi connectivity index (χ0) is 38.0. The number of hydrogen-bond acceptors (Lipinski definition) is 10. The third-order valence-corrected chi connectivity index (χ3v) is 8.96. The van der Waals surface area contributed by atoms with Crippen LogP contribution in [0.15, 0.2) is 36.5 Å². The average molecular weight is 746 g/mol. The van der Waals surface area contributed by atoms with E-state index >= 15 is 0 Å². The van der Waals surface area contributed by atoms with Crippen molar-refractivity contribution in [3.05, 3.63) is 36.5 Å². The van der Waals surface area contributed by atoms with Crippen LogP contribution in [0.3, 0.4) is 0 Å². The Kier molecular flexibility index (Phi) is 32.0. The number of aliphatic carboxylic acids is 1. The molecule has 0 bridgehead atoms. The van der Waals surface area contributed by atoms with Gasteiger partial charge in [0.1, 0.15) is 12.6 Å². The van der Waals surface area contributed by atoms with Crippen LogP contribution in [0.1, 0.15) is 149 Å². The summed E-state index contributed by atoms with van der Waals surface area (Å²) >= 11 is 0. The van der Waals surface area contributed by atoms with E-state index < -0.39 is 57.2 Å². The SMILES string of the molecule is CC/C=C/C/C=C/C=C/C(O)CCCCCCCC(=O)OC[C@H](COP(=O)(O)OC[C@H](N)C(=O)O)OC(=O)CCCCCCCCCCCCC. The molecule has 0 aliphatic carbocycles. The summed E-state index contributed by atoms with van der Waals surface area (Å²) in [4.78, 5) is 45.7. The summed E-state index contributed by atoms with van der Waals surface area (Å²) in [5.74, 6) is -2.47. The number of aliphatic hydroxyl groups is 1. The van der Waals surface area contributed by atoms with Crippen molar-refractivity contribution in [2.45, 2.75) is 167 Å². The Hall–Kier alpha value is -2.34. The number of nitrogens with two attached hydrogens (primary N) is 1. The number of carbonyl (C=O) groups is 3. The van der Waals surface area contributed by atoms with E-state index in [9.17, 15) is 28.9 Å². The normalized spacial score (nSPS) is 14.9. The van der Waals surface area contributed by atoms with Crippen LogP contribution in [-0.2, 0) is 37.5 Å². The minimum atomic E-state index is -4.73. The van der Waals surface area contributed by atoms with Crippen molar-refractivity contribution < 1.29 is 52.6 Å². The summed E-state index contributed by atoms with van der Waals surface area (Å²) in [7, 11) is -4.73. The van der Waals surface area contributed by atoms with Gasteiger partial charge in [0, 0.05) is 12.8 Å². The lowest BCUT2D eigenvalue weighted by molar-refractivity contribution is -0.161. The maximum Gasteiger partial charge on any atom is 0.472 e. The van der Waals surface area contributed by atoms with Gasteiger partial charge in [0.2, 0.25) is 0 Å². The number of hydrogen-bond donors (Lipinski definition) is 4. The quantitative estimate of drug-likeness (QED) is 0.0160. The van der Waals surface area contributed by atoms with Crippen LogP contribution < -0.4 is 5.73 Å². The van der Waals surface area contributed by atoms with Crippen molar-refractivity contribution in [3.8, 4) is 0 Å². The Morgan fingerprint density at radius 3 is 1.84 bits per heavy atom. The number of phosphoric acid groups is 1. The molecule has 4 atom stereocenters. The van der Waals surface area contributed by atoms with Crippen molar-refractivity contribution >= 4 is 25.7 Å². The minimum absolute atomic E-state index is 0.142. The van der Waals surface area contributed by atoms with Gasteiger partial charge in [-0.15, -0.1) is 0 Å². The monoisotopic (exact) mass is 745 g/mol. The molecule has 0 heterocycles. The van der Waals surface area contributed by atoms with Crippen molar-refractivity contribution in [3.63, 3.8) is 0 Å². The summed E-state index contributed by atoms with van der Waals surface area (Å²) in [6, 6.07) is -1.53. The lowest BCUT2D eigenvalue weighted by atomic mass is 10.1. The number of allylic oxidation sites excluding steroid dienone is 5. The molecule has 0 aliphatic rings. The standard InChI is InChI=1S/C38H68NO11P/c1-3-5-7-9-11-12-13-14-16-20-25-29-37(42)50-34(31-48-51(45,46)49-32-35(39)38(43)44)30-47-36(41)28-24-21-17-19-23-27-33(40)26-22-18-15-10-8-6-4-2/h6,8,15,18,22,26,33-35,40H,3-5,7,9-14,16-17,19-21,23-25,27-32,39H2,1-2H3,(H,43,44)(H,45,46)/b8-6+,18-15+,26-22+/t33?,34-,35+/m1/s1. The van der Waals surface area contributed by atoms with Crippen molar-refractivity contribution in [1.82, 2.24) is 0 Å². The average Bonchev–Trinajstić information content (AvgIpc) is 3.09. The van der Waals surface area contributed by atoms with Crippen LogP contribution in [0.5, 0.6) is 0 Å². The van der Waals surface area contributed by atoms with Gasteiger partial charge in [0.15, 0.2) is 6.10 Å². The maximum absolute atomic E-state index is 12.5. The van der Waals surface area contributed by atoms with E-state index in [0.717, 1.165) is 57.8 Å². The first-order chi connectivity index (χ1) is 24.5. The molecule has 0 saturated carbocycles. The van der Waals surface area contributed by atoms with Gasteiger partial charge in [-0.2, -0.15) is 0 Å². The van der Waals surface area contributed by atoms with Crippen LogP contribution in [-0.4, -0.2) is 71.1 Å². The predicted octanol–water partition coefficient (Wildman–Crippen LogP) is 8.25. The molecule has 0 saturated heterocycles. The molecule has 0 aliphatic heterocycles. The van der Waals surface area contributed by atoms with Gasteiger partial charge < -0.3 is 30.3 Å². The van der Waals surface area contributed by atoms with Gasteiger partial charge in [-0.05, 0) is 32.1 Å². The van der Waals surface area contributed by atoms with E-state index in [1.807, 2.05) is 18.2 Å². The van der Waals surface area contributed by atoms with Gasteiger partial charge in [-0.25, -0.2) is 4.57 Å². The Morgan fingerprint density at radius 1 is 0.706 bits per heavy atom. The van der Waals surface area contributed by atoms with Crippen LogP contribution in [0, 0.1) is 0 Å². The van der Waals surface area contributed by atoms with Crippen LogP contribution >= 0.6 is 7.82 Å². The summed E-state index contributed by atoms with van der Waals surface area (Å²) in [6.45, 7) is 2.54. The maximum atomic E-state index is 12.5. The number of carboxylic acids is 1. The molecule has 0 rings (SSSR count). The van der Waals surface area contributed by atoms with E-state index in [1.54, 1.807) is 6.08 Å². The minimum Gasteiger partial charge on any atom is -0.480 e. The zero-order valence-electron chi connectivity index (χ0n) is 31.3. The third-order valence-electron chi connectivity index (χ3n) is 8.01. The van der Waals surface area contributed by atoms with Crippen molar-refractivity contribution in [1.29, 1.82) is 0 Å². The fraction of sp³-hybridized carbons (Fsp3) is 0.763. The lowest BCUT2D eigenvalue weighted by Crippen LogP contribution is -2.34. The second kappa shape index (κ2) is 33.5. The second-order valence-electron chi connectivity index (χ2n) is 12.9. The predicted molar refractivity (Wildman–Crippen MR) is 200 cm³/mol. The number of carbonyl (C=O) groups excluding carboxylic acids is 2. The van der Waals surface area contributed by atoms with Crippen LogP contribution in [0.25, 0.3) is 0 Å². The number of esters is 2. The first kappa shape index (κ1) is 48.7. The highest BCUT2D eigenvalue weighted by Crippen LogP contribution is 2.43. The summed E-state index contributed by atoms with van der Waals surface area (Å²) in [6.07, 6.45) is 29.6. The fourth-order valence-corrected chi connectivity index (χ4v) is 5.73. The topological polar surface area (TPSA) is 192 Å². The Bertz CT molecular complexity index is 1030. The van der Waals surface area contributed by atoms with Crippen LogP contribution in [0.4, 0.5) is 0 Å². The Balaban J connectivity index is 4.51. The van der Waals surface area contributed by atoms with E-state index in [1.165, 1.54) is 44.9 Å². The molecule has 5 N–H and O–H groups in total. The highest BCUT2D eigenvalue weighted by molar-refractivity contribution is 7.47. The Labute approximate surface area is 306 Å². The molecule has 2 unspecified atom stereocenters. The summed E-state index contributed by atoms with van der Waals surface area (Å²) in [5.41, 5.74) is 5.31. The number of rotatable bonds is 35. The van der Waals surface area contributed by atoms with E-state index in [2.05, 4.69) is 30.5 Å². The number of phosphoric ester groups is 1. The molecular weight excluding hydrogens is 677 g/mol. The zero-order valence-corrected chi connectivity index (χ0v) is 32.2. The van der Waals surface area contributed by atoms with Crippen molar-refractivity contribution in [2.24, 2.45) is 5.73 Å². The largest absolute Gasteiger partial charge is 0.480 e. The molecule has 0 aromatic rings. The summed E-state index contributed by atoms with van der Waals surface area (Å²) < 4.78 is 32.5.